The SMILES string of the molecule is COc1cccc(C(=O)C2=CCc3ncccc32)c1. The number of hydrogen-bond donors (Lipinski definition) is 0. The number of nitrogens with zero attached hydrogens (tertiary/aromatic N) is 1. The van der Waals surface area contributed by atoms with Crippen LogP contribution in [0.2, 0.25) is 0 Å². The van der Waals surface area contributed by atoms with Gasteiger partial charge in [-0.15, -0.1) is 0 Å². The Morgan fingerprint density at radius 1 is 1.26 bits per heavy atom. The van der Waals surface area contributed by atoms with Gasteiger partial charge in [0.2, 0.25) is 0 Å². The van der Waals surface area contributed by atoms with Crippen molar-refractivity contribution in [3.63, 3.8) is 0 Å². The Balaban J connectivity index is 1.98. The number of hydrogen-bond acceptors (Lipinski definition) is 3. The monoisotopic (exact) mass is 251 g/mol. The molecule has 0 fully saturated rings. The number of Topliss-reactive ketones (excluding diaryl/α,β-unsaturated/α-hetero) is 1. The molecule has 0 amide bonds. The number of methoxy groups -OCH3 is 1. The lowest BCUT2D eigenvalue weighted by atomic mass is 9.99. The van der Waals surface area contributed by atoms with Crippen LogP contribution in [0.5, 0.6) is 5.75 Å². The van der Waals surface area contributed by atoms with Gasteiger partial charge in [-0.05, 0) is 18.2 Å². The number of ketones is 1. The van der Waals surface area contributed by atoms with E-state index in [-0.39, 0.29) is 5.78 Å². The van der Waals surface area contributed by atoms with E-state index in [1.165, 1.54) is 0 Å². The van der Waals surface area contributed by atoms with Gasteiger partial charge in [-0.1, -0.05) is 24.3 Å². The highest BCUT2D eigenvalue weighted by atomic mass is 16.5. The van der Waals surface area contributed by atoms with Crippen molar-refractivity contribution in [2.45, 2.75) is 6.42 Å². The van der Waals surface area contributed by atoms with E-state index in [1.54, 1.807) is 25.4 Å². The average molecular weight is 251 g/mol. The van der Waals surface area contributed by atoms with Crippen molar-refractivity contribution in [2.75, 3.05) is 7.11 Å². The van der Waals surface area contributed by atoms with Crippen molar-refractivity contribution in [1.82, 2.24) is 4.98 Å². The molecule has 1 aliphatic rings. The first kappa shape index (κ1) is 11.7. The first-order chi connectivity index (χ1) is 9.29. The molecule has 19 heavy (non-hydrogen) atoms. The third-order valence-electron chi connectivity index (χ3n) is 3.26. The Morgan fingerprint density at radius 2 is 2.16 bits per heavy atom. The van der Waals surface area contributed by atoms with Crippen LogP contribution in [0.4, 0.5) is 0 Å². The molecule has 1 aliphatic carbocycles. The van der Waals surface area contributed by atoms with Crippen LogP contribution in [0.25, 0.3) is 5.57 Å². The maximum absolute atomic E-state index is 12.5. The van der Waals surface area contributed by atoms with E-state index in [9.17, 15) is 4.79 Å². The molecule has 0 N–H and O–H groups in total. The van der Waals surface area contributed by atoms with Crippen LogP contribution in [-0.2, 0) is 6.42 Å². The summed E-state index contributed by atoms with van der Waals surface area (Å²) in [6.45, 7) is 0. The Bertz CT molecular complexity index is 674. The fourth-order valence-electron chi connectivity index (χ4n) is 2.29. The standard InChI is InChI=1S/C16H13NO2/c1-19-12-5-2-4-11(10-12)16(18)14-7-8-15-13(14)6-3-9-17-15/h2-7,9-10H,8H2,1H3. The quantitative estimate of drug-likeness (QED) is 0.787. The Morgan fingerprint density at radius 3 is 3.00 bits per heavy atom. The molecule has 0 atom stereocenters. The van der Waals surface area contributed by atoms with Crippen molar-refractivity contribution in [2.24, 2.45) is 0 Å². The molecule has 2 aromatic rings. The van der Waals surface area contributed by atoms with Crippen molar-refractivity contribution < 1.29 is 9.53 Å². The highest BCUT2D eigenvalue weighted by Gasteiger charge is 2.21. The van der Waals surface area contributed by atoms with Gasteiger partial charge in [-0.25, -0.2) is 0 Å². The summed E-state index contributed by atoms with van der Waals surface area (Å²) in [4.78, 5) is 16.8. The van der Waals surface area contributed by atoms with Gasteiger partial charge in [-0.2, -0.15) is 0 Å². The van der Waals surface area contributed by atoms with Crippen molar-refractivity contribution >= 4 is 11.4 Å². The van der Waals surface area contributed by atoms with Gasteiger partial charge < -0.3 is 4.74 Å². The van der Waals surface area contributed by atoms with Gasteiger partial charge in [0.05, 0.1) is 12.8 Å². The summed E-state index contributed by atoms with van der Waals surface area (Å²) >= 11 is 0. The first-order valence-electron chi connectivity index (χ1n) is 6.13. The number of benzene rings is 1. The van der Waals surface area contributed by atoms with E-state index < -0.39 is 0 Å². The topological polar surface area (TPSA) is 39.2 Å². The third kappa shape index (κ3) is 2.03. The molecule has 1 heterocycles. The molecule has 0 saturated heterocycles. The Labute approximate surface area is 111 Å². The van der Waals surface area contributed by atoms with Crippen LogP contribution < -0.4 is 4.74 Å². The number of carbonyl (C=O) groups is 1. The molecule has 1 aromatic heterocycles. The van der Waals surface area contributed by atoms with E-state index in [2.05, 4.69) is 4.98 Å². The molecule has 94 valence electrons. The molecule has 0 spiro atoms. The number of pyridine rings is 1. The minimum absolute atomic E-state index is 0.0191. The number of fused-ring (bicyclic) bond motifs is 1. The zero-order chi connectivity index (χ0) is 13.2. The van der Waals surface area contributed by atoms with Gasteiger partial charge in [0.25, 0.3) is 0 Å². The maximum Gasteiger partial charge on any atom is 0.193 e. The van der Waals surface area contributed by atoms with Gasteiger partial charge in [-0.3, -0.25) is 9.78 Å². The van der Waals surface area contributed by atoms with Crippen molar-refractivity contribution in [3.8, 4) is 5.75 Å². The highest BCUT2D eigenvalue weighted by molar-refractivity contribution is 6.29. The highest BCUT2D eigenvalue weighted by Crippen LogP contribution is 2.29. The van der Waals surface area contributed by atoms with Crippen molar-refractivity contribution in [3.05, 3.63) is 65.5 Å². The number of aromatic nitrogens is 1. The minimum Gasteiger partial charge on any atom is -0.497 e. The maximum atomic E-state index is 12.5. The van der Waals surface area contributed by atoms with Crippen molar-refractivity contribution in [1.29, 1.82) is 0 Å². The fraction of sp³-hybridized carbons (Fsp3) is 0.125. The molecule has 0 aliphatic heterocycles. The molecule has 0 bridgehead atoms. The smallest absolute Gasteiger partial charge is 0.193 e. The third-order valence-corrected chi connectivity index (χ3v) is 3.26. The van der Waals surface area contributed by atoms with E-state index in [0.717, 1.165) is 23.3 Å². The lowest BCUT2D eigenvalue weighted by Gasteiger charge is -2.06. The molecule has 0 unspecified atom stereocenters. The number of ether oxygens (including phenoxy) is 1. The summed E-state index contributed by atoms with van der Waals surface area (Å²) in [6, 6.07) is 11.0. The van der Waals surface area contributed by atoms with E-state index in [4.69, 9.17) is 4.74 Å². The predicted molar refractivity (Wildman–Crippen MR) is 73.2 cm³/mol. The second-order valence-electron chi connectivity index (χ2n) is 4.38. The lowest BCUT2D eigenvalue weighted by molar-refractivity contribution is 0.105. The molecule has 3 rings (SSSR count). The van der Waals surface area contributed by atoms with Crippen LogP contribution >= 0.6 is 0 Å². The van der Waals surface area contributed by atoms with Crippen LogP contribution in [-0.4, -0.2) is 17.9 Å². The summed E-state index contributed by atoms with van der Waals surface area (Å²) in [6.07, 6.45) is 4.42. The van der Waals surface area contributed by atoms with Crippen LogP contribution in [0, 0.1) is 0 Å². The van der Waals surface area contributed by atoms with E-state index in [0.29, 0.717) is 11.3 Å². The zero-order valence-electron chi connectivity index (χ0n) is 10.6. The summed E-state index contributed by atoms with van der Waals surface area (Å²) in [5.41, 5.74) is 3.28. The normalized spacial score (nSPS) is 12.8. The van der Waals surface area contributed by atoms with E-state index in [1.807, 2.05) is 30.3 Å². The minimum atomic E-state index is 0.0191. The predicted octanol–water partition coefficient (Wildman–Crippen LogP) is 2.91. The largest absolute Gasteiger partial charge is 0.497 e. The summed E-state index contributed by atoms with van der Waals surface area (Å²) in [7, 11) is 1.59. The lowest BCUT2D eigenvalue weighted by Crippen LogP contribution is -2.02. The van der Waals surface area contributed by atoms with Gasteiger partial charge in [0.1, 0.15) is 5.75 Å². The van der Waals surface area contributed by atoms with E-state index >= 15 is 0 Å². The molecular weight excluding hydrogens is 238 g/mol. The number of allylic oxidation sites excluding steroid dienone is 2. The first-order valence-corrected chi connectivity index (χ1v) is 6.13. The van der Waals surface area contributed by atoms with Gasteiger partial charge in [0.15, 0.2) is 5.78 Å². The fourth-order valence-corrected chi connectivity index (χ4v) is 2.29. The van der Waals surface area contributed by atoms with Gasteiger partial charge >= 0.3 is 0 Å². The van der Waals surface area contributed by atoms with Gasteiger partial charge in [0, 0.05) is 29.3 Å². The Hall–Kier alpha value is -2.42. The number of rotatable bonds is 3. The Kier molecular flexibility index (Phi) is 2.88. The molecule has 0 radical (unpaired) electrons. The summed E-state index contributed by atoms with van der Waals surface area (Å²) in [5.74, 6) is 0.710. The molecule has 3 heteroatoms. The molecule has 3 nitrogen and oxygen atoms in total. The molecule has 0 saturated carbocycles. The van der Waals surface area contributed by atoms with Crippen LogP contribution in [0.15, 0.2) is 48.7 Å². The zero-order valence-corrected chi connectivity index (χ0v) is 10.6. The van der Waals surface area contributed by atoms with Crippen LogP contribution in [0.3, 0.4) is 0 Å². The molecular formula is C16H13NO2. The molecule has 1 aromatic carbocycles. The second-order valence-corrected chi connectivity index (χ2v) is 4.38. The second kappa shape index (κ2) is 4.69. The number of carbonyl (C=O) groups excluding carboxylic acids is 1. The van der Waals surface area contributed by atoms with Crippen LogP contribution in [0.1, 0.15) is 21.6 Å². The summed E-state index contributed by atoms with van der Waals surface area (Å²) in [5, 5.41) is 0. The summed E-state index contributed by atoms with van der Waals surface area (Å²) < 4.78 is 5.15. The average Bonchev–Trinajstić information content (AvgIpc) is 2.90.